The minimum absolute atomic E-state index is 0.520. The molecule has 0 aromatic carbocycles. The number of rotatable bonds is 8. The minimum atomic E-state index is 0.520. The zero-order valence-corrected chi connectivity index (χ0v) is 12.8. The maximum absolute atomic E-state index is 4.64. The Morgan fingerprint density at radius 2 is 2.29 bits per heavy atom. The molecule has 0 unspecified atom stereocenters. The fourth-order valence-corrected chi connectivity index (χ4v) is 2.63. The average Bonchev–Trinajstić information content (AvgIpc) is 2.71. The number of hydrogen-bond acceptors (Lipinski definition) is 5. The Morgan fingerprint density at radius 3 is 2.94 bits per heavy atom. The first kappa shape index (κ1) is 15.0. The summed E-state index contributed by atoms with van der Waals surface area (Å²) in [6.07, 6.45) is 2.15. The zero-order chi connectivity index (χ0) is 12.7. The molecule has 0 atom stereocenters. The molecule has 0 saturated heterocycles. The first-order valence-electron chi connectivity index (χ1n) is 5.96. The molecule has 5 heteroatoms. The van der Waals surface area contributed by atoms with Crippen LogP contribution < -0.4 is 5.32 Å². The summed E-state index contributed by atoms with van der Waals surface area (Å²) < 4.78 is 0. The monoisotopic (exact) mass is 273 g/mol. The Bertz CT molecular complexity index is 312. The van der Waals surface area contributed by atoms with E-state index in [-0.39, 0.29) is 0 Å². The SMILES string of the molecule is CSCCN(C)Cc1csc(CNC(C)C)n1. The van der Waals surface area contributed by atoms with E-state index in [4.69, 9.17) is 0 Å². The molecule has 1 N–H and O–H groups in total. The van der Waals surface area contributed by atoms with Crippen molar-refractivity contribution in [2.75, 3.05) is 25.6 Å². The molecule has 0 spiro atoms. The van der Waals surface area contributed by atoms with Gasteiger partial charge in [-0.3, -0.25) is 4.90 Å². The van der Waals surface area contributed by atoms with Crippen molar-refractivity contribution in [3.63, 3.8) is 0 Å². The Balaban J connectivity index is 2.34. The number of thioether (sulfide) groups is 1. The minimum Gasteiger partial charge on any atom is -0.308 e. The topological polar surface area (TPSA) is 28.2 Å². The van der Waals surface area contributed by atoms with Gasteiger partial charge in [0.2, 0.25) is 0 Å². The van der Waals surface area contributed by atoms with Crippen molar-refractivity contribution in [1.29, 1.82) is 0 Å². The molecule has 0 bridgehead atoms. The molecule has 0 saturated carbocycles. The van der Waals surface area contributed by atoms with Crippen LogP contribution >= 0.6 is 23.1 Å². The van der Waals surface area contributed by atoms with Gasteiger partial charge in [-0.25, -0.2) is 4.98 Å². The summed E-state index contributed by atoms with van der Waals surface area (Å²) in [4.78, 5) is 6.96. The van der Waals surface area contributed by atoms with Crippen molar-refractivity contribution in [1.82, 2.24) is 15.2 Å². The zero-order valence-electron chi connectivity index (χ0n) is 11.2. The second kappa shape index (κ2) is 8.08. The predicted molar refractivity (Wildman–Crippen MR) is 78.8 cm³/mol. The van der Waals surface area contributed by atoms with Gasteiger partial charge in [-0.2, -0.15) is 11.8 Å². The molecule has 98 valence electrons. The molecular weight excluding hydrogens is 250 g/mol. The van der Waals surface area contributed by atoms with Crippen LogP contribution in [0, 0.1) is 0 Å². The van der Waals surface area contributed by atoms with E-state index >= 15 is 0 Å². The van der Waals surface area contributed by atoms with Crippen LogP contribution in [0.15, 0.2) is 5.38 Å². The summed E-state index contributed by atoms with van der Waals surface area (Å²) in [6.45, 7) is 7.28. The van der Waals surface area contributed by atoms with Gasteiger partial charge in [0.15, 0.2) is 0 Å². The summed E-state index contributed by atoms with van der Waals surface area (Å²) in [5.41, 5.74) is 1.19. The second-order valence-electron chi connectivity index (χ2n) is 4.50. The molecule has 1 aromatic heterocycles. The van der Waals surface area contributed by atoms with Gasteiger partial charge >= 0.3 is 0 Å². The van der Waals surface area contributed by atoms with E-state index < -0.39 is 0 Å². The van der Waals surface area contributed by atoms with E-state index in [9.17, 15) is 0 Å². The van der Waals surface area contributed by atoms with Crippen LogP contribution in [0.3, 0.4) is 0 Å². The van der Waals surface area contributed by atoms with Crippen LogP contribution in [0.25, 0.3) is 0 Å². The molecule has 1 aromatic rings. The van der Waals surface area contributed by atoms with Crippen LogP contribution in [0.1, 0.15) is 24.5 Å². The first-order chi connectivity index (χ1) is 8.11. The van der Waals surface area contributed by atoms with E-state index in [0.717, 1.165) is 19.6 Å². The highest BCUT2D eigenvalue weighted by atomic mass is 32.2. The van der Waals surface area contributed by atoms with E-state index in [0.29, 0.717) is 6.04 Å². The number of aromatic nitrogens is 1. The Morgan fingerprint density at radius 1 is 1.53 bits per heavy atom. The average molecular weight is 273 g/mol. The molecule has 1 rings (SSSR count). The Labute approximate surface area is 113 Å². The highest BCUT2D eigenvalue weighted by Gasteiger charge is 2.05. The number of thiazole rings is 1. The lowest BCUT2D eigenvalue weighted by molar-refractivity contribution is 0.344. The van der Waals surface area contributed by atoms with Crippen molar-refractivity contribution in [3.05, 3.63) is 16.1 Å². The van der Waals surface area contributed by atoms with E-state index in [1.807, 2.05) is 11.8 Å². The van der Waals surface area contributed by atoms with Crippen LogP contribution in [-0.4, -0.2) is 41.5 Å². The molecule has 3 nitrogen and oxygen atoms in total. The van der Waals surface area contributed by atoms with Crippen molar-refractivity contribution < 1.29 is 0 Å². The molecule has 0 radical (unpaired) electrons. The summed E-state index contributed by atoms with van der Waals surface area (Å²) in [5, 5.41) is 6.75. The molecule has 1 heterocycles. The summed E-state index contributed by atoms with van der Waals surface area (Å²) in [6, 6.07) is 0.520. The lowest BCUT2D eigenvalue weighted by Gasteiger charge is -2.13. The largest absolute Gasteiger partial charge is 0.308 e. The fourth-order valence-electron chi connectivity index (χ4n) is 1.40. The van der Waals surface area contributed by atoms with Gasteiger partial charge in [-0.15, -0.1) is 11.3 Å². The molecule has 0 aliphatic rings. The van der Waals surface area contributed by atoms with Crippen molar-refractivity contribution in [2.45, 2.75) is 33.0 Å². The summed E-state index contributed by atoms with van der Waals surface area (Å²) >= 11 is 3.64. The van der Waals surface area contributed by atoms with Crippen LogP contribution in [0.2, 0.25) is 0 Å². The lowest BCUT2D eigenvalue weighted by Crippen LogP contribution is -2.22. The molecule has 0 amide bonds. The van der Waals surface area contributed by atoms with Gasteiger partial charge in [0.1, 0.15) is 5.01 Å². The van der Waals surface area contributed by atoms with Crippen molar-refractivity contribution >= 4 is 23.1 Å². The highest BCUT2D eigenvalue weighted by Crippen LogP contribution is 2.11. The van der Waals surface area contributed by atoms with Gasteiger partial charge in [0.05, 0.1) is 5.69 Å². The quantitative estimate of drug-likeness (QED) is 0.787. The van der Waals surface area contributed by atoms with Gasteiger partial charge in [0, 0.05) is 36.8 Å². The highest BCUT2D eigenvalue weighted by molar-refractivity contribution is 7.98. The number of nitrogens with one attached hydrogen (secondary N) is 1. The maximum atomic E-state index is 4.64. The van der Waals surface area contributed by atoms with Crippen LogP contribution in [0.4, 0.5) is 0 Å². The normalized spacial score (nSPS) is 11.6. The van der Waals surface area contributed by atoms with Gasteiger partial charge in [-0.1, -0.05) is 13.8 Å². The third kappa shape index (κ3) is 6.41. The number of nitrogens with zero attached hydrogens (tertiary/aromatic N) is 2. The number of hydrogen-bond donors (Lipinski definition) is 1. The third-order valence-electron chi connectivity index (χ3n) is 2.37. The van der Waals surface area contributed by atoms with E-state index in [2.05, 4.69) is 47.7 Å². The van der Waals surface area contributed by atoms with Gasteiger partial charge < -0.3 is 5.32 Å². The van der Waals surface area contributed by atoms with Crippen LogP contribution in [0.5, 0.6) is 0 Å². The lowest BCUT2D eigenvalue weighted by atomic mass is 10.4. The molecule has 0 fully saturated rings. The summed E-state index contributed by atoms with van der Waals surface area (Å²) in [5.74, 6) is 1.18. The molecule has 0 aliphatic heterocycles. The smallest absolute Gasteiger partial charge is 0.107 e. The molecular formula is C12H23N3S2. The van der Waals surface area contributed by atoms with Crippen molar-refractivity contribution in [3.8, 4) is 0 Å². The molecule has 0 aliphatic carbocycles. The second-order valence-corrected chi connectivity index (χ2v) is 6.43. The maximum Gasteiger partial charge on any atom is 0.107 e. The Hall–Kier alpha value is -0.100. The fraction of sp³-hybridized carbons (Fsp3) is 0.750. The van der Waals surface area contributed by atoms with Gasteiger partial charge in [0.25, 0.3) is 0 Å². The van der Waals surface area contributed by atoms with Gasteiger partial charge in [-0.05, 0) is 13.3 Å². The first-order valence-corrected chi connectivity index (χ1v) is 8.23. The van der Waals surface area contributed by atoms with Crippen molar-refractivity contribution in [2.24, 2.45) is 0 Å². The van der Waals surface area contributed by atoms with E-state index in [1.54, 1.807) is 11.3 Å². The summed E-state index contributed by atoms with van der Waals surface area (Å²) in [7, 11) is 2.15. The standard InChI is InChI=1S/C12H23N3S2/c1-10(2)13-7-12-14-11(9-17-12)8-15(3)5-6-16-4/h9-10,13H,5-8H2,1-4H3. The van der Waals surface area contributed by atoms with E-state index in [1.165, 1.54) is 16.5 Å². The van der Waals surface area contributed by atoms with Crippen LogP contribution in [-0.2, 0) is 13.1 Å². The Kier molecular flexibility index (Phi) is 7.11. The predicted octanol–water partition coefficient (Wildman–Crippen LogP) is 2.44. The molecule has 17 heavy (non-hydrogen) atoms. The third-order valence-corrected chi connectivity index (χ3v) is 3.86.